The highest BCUT2D eigenvalue weighted by molar-refractivity contribution is 7.13. The van der Waals surface area contributed by atoms with E-state index in [1.165, 1.54) is 29.5 Å². The second-order valence-electron chi connectivity index (χ2n) is 6.01. The van der Waals surface area contributed by atoms with Gasteiger partial charge in [0.25, 0.3) is 5.91 Å². The first kappa shape index (κ1) is 21.1. The highest BCUT2D eigenvalue weighted by Crippen LogP contribution is 2.31. The molecule has 0 fully saturated rings. The third-order valence-electron chi connectivity index (χ3n) is 3.94. The van der Waals surface area contributed by atoms with Crippen molar-refractivity contribution in [1.29, 1.82) is 5.26 Å². The normalized spacial score (nSPS) is 11.6. The Morgan fingerprint density at radius 3 is 2.70 bits per heavy atom. The molecular formula is C21H14F3N3O2S. The van der Waals surface area contributed by atoms with E-state index >= 15 is 0 Å². The number of aromatic nitrogens is 1. The minimum absolute atomic E-state index is 0.0636. The molecule has 152 valence electrons. The number of carbonyl (C=O) groups excluding carboxylic acids is 1. The van der Waals surface area contributed by atoms with Gasteiger partial charge in [-0.15, -0.1) is 11.3 Å². The zero-order chi connectivity index (χ0) is 21.7. The number of benzene rings is 2. The number of hydrogen-bond acceptors (Lipinski definition) is 5. The summed E-state index contributed by atoms with van der Waals surface area (Å²) in [6, 6.07) is 13.2. The van der Waals surface area contributed by atoms with Crippen molar-refractivity contribution in [1.82, 2.24) is 4.98 Å². The van der Waals surface area contributed by atoms with E-state index in [0.29, 0.717) is 16.5 Å². The van der Waals surface area contributed by atoms with Crippen molar-refractivity contribution in [3.63, 3.8) is 0 Å². The van der Waals surface area contributed by atoms with E-state index in [-0.39, 0.29) is 11.3 Å². The van der Waals surface area contributed by atoms with Gasteiger partial charge in [0.1, 0.15) is 22.4 Å². The molecule has 0 saturated heterocycles. The number of carbonyl (C=O) groups is 1. The number of nitriles is 1. The maximum atomic E-state index is 12.8. The van der Waals surface area contributed by atoms with Crippen molar-refractivity contribution in [2.45, 2.75) is 6.18 Å². The summed E-state index contributed by atoms with van der Waals surface area (Å²) in [5.41, 5.74) is -0.0501. The average Bonchev–Trinajstić information content (AvgIpc) is 3.20. The van der Waals surface area contributed by atoms with Crippen LogP contribution in [0.2, 0.25) is 0 Å². The van der Waals surface area contributed by atoms with Crippen LogP contribution < -0.4 is 10.1 Å². The summed E-state index contributed by atoms with van der Waals surface area (Å²) in [4.78, 5) is 16.7. The molecule has 9 heteroatoms. The zero-order valence-corrected chi connectivity index (χ0v) is 16.3. The van der Waals surface area contributed by atoms with E-state index in [0.717, 1.165) is 17.7 Å². The van der Waals surface area contributed by atoms with E-state index in [1.54, 1.807) is 30.7 Å². The summed E-state index contributed by atoms with van der Waals surface area (Å²) < 4.78 is 43.6. The van der Waals surface area contributed by atoms with Crippen LogP contribution in [-0.2, 0) is 11.0 Å². The molecule has 1 N–H and O–H groups in total. The predicted molar refractivity (Wildman–Crippen MR) is 108 cm³/mol. The van der Waals surface area contributed by atoms with Crippen molar-refractivity contribution in [2.24, 2.45) is 0 Å². The Balaban J connectivity index is 1.80. The second-order valence-corrected chi connectivity index (χ2v) is 6.87. The maximum absolute atomic E-state index is 12.8. The molecule has 0 bridgehead atoms. The molecule has 3 rings (SSSR count). The summed E-state index contributed by atoms with van der Waals surface area (Å²) >= 11 is 1.32. The maximum Gasteiger partial charge on any atom is 0.416 e. The van der Waals surface area contributed by atoms with Crippen LogP contribution in [0.15, 0.2) is 59.5 Å². The Labute approximate surface area is 174 Å². The number of anilines is 1. The average molecular weight is 429 g/mol. The van der Waals surface area contributed by atoms with E-state index in [2.05, 4.69) is 10.3 Å². The first-order valence-electron chi connectivity index (χ1n) is 8.50. The van der Waals surface area contributed by atoms with Crippen LogP contribution >= 0.6 is 11.3 Å². The number of halogens is 3. The Bertz CT molecular complexity index is 1150. The van der Waals surface area contributed by atoms with E-state index < -0.39 is 17.6 Å². The number of nitrogens with zero attached hydrogens (tertiary/aromatic N) is 2. The molecule has 0 aliphatic carbocycles. The third-order valence-corrected chi connectivity index (χ3v) is 4.85. The topological polar surface area (TPSA) is 75.0 Å². The van der Waals surface area contributed by atoms with Crippen LogP contribution in [0.1, 0.15) is 11.3 Å². The highest BCUT2D eigenvalue weighted by atomic mass is 32.1. The van der Waals surface area contributed by atoms with Gasteiger partial charge in [0.15, 0.2) is 0 Å². The van der Waals surface area contributed by atoms with Crippen molar-refractivity contribution in [3.05, 3.63) is 70.7 Å². The molecule has 30 heavy (non-hydrogen) atoms. The number of hydrogen-bond donors (Lipinski definition) is 1. The fourth-order valence-electron chi connectivity index (χ4n) is 2.51. The number of nitrogens with one attached hydrogen (secondary N) is 1. The Kier molecular flexibility index (Phi) is 6.18. The third kappa shape index (κ3) is 5.04. The Morgan fingerprint density at radius 2 is 2.00 bits per heavy atom. The van der Waals surface area contributed by atoms with Crippen LogP contribution in [0.25, 0.3) is 16.6 Å². The second kappa shape index (κ2) is 8.80. The molecule has 0 aliphatic rings. The summed E-state index contributed by atoms with van der Waals surface area (Å²) in [5.74, 6) is -0.161. The van der Waals surface area contributed by atoms with Gasteiger partial charge in [-0.1, -0.05) is 18.2 Å². The van der Waals surface area contributed by atoms with Gasteiger partial charge in [-0.2, -0.15) is 18.4 Å². The van der Waals surface area contributed by atoms with Gasteiger partial charge in [0.05, 0.1) is 18.4 Å². The number of thiazole rings is 1. The molecule has 0 atom stereocenters. The molecule has 1 heterocycles. The monoisotopic (exact) mass is 429 g/mol. The number of alkyl halides is 3. The van der Waals surface area contributed by atoms with Crippen LogP contribution in [0.4, 0.5) is 18.9 Å². The molecular weight excluding hydrogens is 415 g/mol. The van der Waals surface area contributed by atoms with E-state index in [4.69, 9.17) is 4.74 Å². The smallest absolute Gasteiger partial charge is 0.416 e. The summed E-state index contributed by atoms with van der Waals surface area (Å²) in [6.07, 6.45) is -3.26. The van der Waals surface area contributed by atoms with Crippen molar-refractivity contribution in [2.75, 3.05) is 12.4 Å². The lowest BCUT2D eigenvalue weighted by atomic mass is 10.1. The lowest BCUT2D eigenvalue weighted by Crippen LogP contribution is -2.14. The minimum Gasteiger partial charge on any atom is -0.497 e. The molecule has 5 nitrogen and oxygen atoms in total. The molecule has 2 aromatic carbocycles. The van der Waals surface area contributed by atoms with Gasteiger partial charge >= 0.3 is 6.18 Å². The largest absolute Gasteiger partial charge is 0.497 e. The number of amides is 1. The van der Waals surface area contributed by atoms with E-state index in [1.807, 2.05) is 12.1 Å². The number of methoxy groups -OCH3 is 1. The van der Waals surface area contributed by atoms with Gasteiger partial charge in [-0.25, -0.2) is 4.98 Å². The number of rotatable bonds is 5. The van der Waals surface area contributed by atoms with Gasteiger partial charge in [0, 0.05) is 16.6 Å². The zero-order valence-electron chi connectivity index (χ0n) is 15.5. The van der Waals surface area contributed by atoms with Gasteiger partial charge in [-0.05, 0) is 36.4 Å². The summed E-state index contributed by atoms with van der Waals surface area (Å²) in [7, 11) is 1.55. The highest BCUT2D eigenvalue weighted by Gasteiger charge is 2.30. The minimum atomic E-state index is -4.54. The summed E-state index contributed by atoms with van der Waals surface area (Å²) in [5, 5.41) is 14.0. The molecule has 1 aromatic heterocycles. The lowest BCUT2D eigenvalue weighted by Gasteiger charge is -2.09. The van der Waals surface area contributed by atoms with Crippen LogP contribution in [0.5, 0.6) is 5.75 Å². The van der Waals surface area contributed by atoms with Gasteiger partial charge in [-0.3, -0.25) is 4.79 Å². The quantitative estimate of drug-likeness (QED) is 0.436. The molecule has 0 aliphatic heterocycles. The first-order valence-corrected chi connectivity index (χ1v) is 9.38. The van der Waals surface area contributed by atoms with Crippen LogP contribution in [0, 0.1) is 11.3 Å². The van der Waals surface area contributed by atoms with Gasteiger partial charge in [0.2, 0.25) is 0 Å². The van der Waals surface area contributed by atoms with Crippen LogP contribution in [-0.4, -0.2) is 18.0 Å². The van der Waals surface area contributed by atoms with Crippen molar-refractivity contribution < 1.29 is 22.7 Å². The first-order chi connectivity index (χ1) is 14.3. The molecule has 0 radical (unpaired) electrons. The van der Waals surface area contributed by atoms with E-state index in [9.17, 15) is 23.2 Å². The molecule has 0 saturated carbocycles. The Morgan fingerprint density at radius 1 is 1.23 bits per heavy atom. The fraction of sp³-hybridized carbons (Fsp3) is 0.0952. The molecule has 0 unspecified atom stereocenters. The SMILES string of the molecule is COc1cccc(-c2nc(C=C(C#N)C(=O)Nc3cccc(C(F)(F)F)c3)cs2)c1. The molecule has 0 spiro atoms. The Hall–Kier alpha value is -3.64. The fourth-order valence-corrected chi connectivity index (χ4v) is 3.28. The van der Waals surface area contributed by atoms with Crippen molar-refractivity contribution in [3.8, 4) is 22.4 Å². The predicted octanol–water partition coefficient (Wildman–Crippen LogP) is 5.38. The number of ether oxygens (including phenoxy) is 1. The lowest BCUT2D eigenvalue weighted by molar-refractivity contribution is -0.137. The van der Waals surface area contributed by atoms with Crippen molar-refractivity contribution >= 4 is 29.0 Å². The van der Waals surface area contributed by atoms with Gasteiger partial charge < -0.3 is 10.1 Å². The summed E-state index contributed by atoms with van der Waals surface area (Å²) in [6.45, 7) is 0. The molecule has 3 aromatic rings. The standard InChI is InChI=1S/C21H14F3N3O2S/c1-29-18-7-2-4-13(9-18)20-27-17(12-30-20)8-14(11-25)19(28)26-16-6-3-5-15(10-16)21(22,23)24/h2-10,12H,1H3,(H,26,28). The van der Waals surface area contributed by atoms with Crippen LogP contribution in [0.3, 0.4) is 0 Å². The molecule has 1 amide bonds.